The molecule has 0 saturated heterocycles. The second-order valence-corrected chi connectivity index (χ2v) is 8.80. The third-order valence-corrected chi connectivity index (χ3v) is 6.11. The van der Waals surface area contributed by atoms with Crippen molar-refractivity contribution < 1.29 is 14.3 Å². The second-order valence-electron chi connectivity index (χ2n) is 7.08. The van der Waals surface area contributed by atoms with E-state index < -0.39 is 0 Å². The maximum atomic E-state index is 12.3. The second kappa shape index (κ2) is 10.6. The minimum atomic E-state index is -0.146. The number of hydrogen-bond acceptors (Lipinski definition) is 7. The first-order chi connectivity index (χ1) is 16.0. The van der Waals surface area contributed by atoms with Crippen LogP contribution >= 0.6 is 22.9 Å². The number of aromatic nitrogens is 4. The summed E-state index contributed by atoms with van der Waals surface area (Å²) in [4.78, 5) is 25.2. The Hall–Kier alpha value is -3.27. The predicted octanol–water partition coefficient (Wildman–Crippen LogP) is 3.97. The number of carbonyl (C=O) groups excluding carboxylic acids is 1. The molecule has 0 aliphatic heterocycles. The lowest BCUT2D eigenvalue weighted by atomic mass is 10.1. The quantitative estimate of drug-likeness (QED) is 0.250. The van der Waals surface area contributed by atoms with Gasteiger partial charge >= 0.3 is 0 Å². The van der Waals surface area contributed by atoms with Crippen LogP contribution in [-0.4, -0.2) is 45.7 Å². The highest BCUT2D eigenvalue weighted by Gasteiger charge is 2.14. The molecule has 0 fully saturated rings. The lowest BCUT2D eigenvalue weighted by molar-refractivity contribution is 0.0986. The third kappa shape index (κ3) is 5.57. The van der Waals surface area contributed by atoms with Crippen LogP contribution in [0.3, 0.4) is 0 Å². The summed E-state index contributed by atoms with van der Waals surface area (Å²) in [5.41, 5.74) is 1.86. The Morgan fingerprint density at radius 2 is 2.03 bits per heavy atom. The highest BCUT2D eigenvalue weighted by Crippen LogP contribution is 2.26. The van der Waals surface area contributed by atoms with E-state index in [1.165, 1.54) is 22.0 Å². The van der Waals surface area contributed by atoms with Crippen LogP contribution in [0.4, 0.5) is 0 Å². The fourth-order valence-corrected chi connectivity index (χ4v) is 4.20. The van der Waals surface area contributed by atoms with Gasteiger partial charge in [-0.25, -0.2) is 4.68 Å². The molecule has 33 heavy (non-hydrogen) atoms. The van der Waals surface area contributed by atoms with Crippen molar-refractivity contribution in [1.82, 2.24) is 19.6 Å². The lowest BCUT2D eigenvalue weighted by Gasteiger charge is -2.13. The maximum absolute atomic E-state index is 12.3. The molecular formula is C23H21ClN4O4S. The van der Waals surface area contributed by atoms with E-state index in [1.807, 2.05) is 12.1 Å². The molecule has 0 spiro atoms. The van der Waals surface area contributed by atoms with Crippen LogP contribution in [0.5, 0.6) is 5.75 Å². The monoisotopic (exact) mass is 484 g/mol. The van der Waals surface area contributed by atoms with E-state index in [2.05, 4.69) is 10.3 Å². The van der Waals surface area contributed by atoms with Crippen LogP contribution in [0, 0.1) is 0 Å². The SMILES string of the molecule is COCCOc1cc(-n2ccccc2=O)ccc1-n1cc(CCC(=O)c2ccc(Cl)s2)nn1. The number of pyridine rings is 1. The number of ether oxygens (including phenoxy) is 2. The normalized spacial score (nSPS) is 11.0. The molecule has 0 unspecified atom stereocenters. The van der Waals surface area contributed by atoms with Crippen LogP contribution < -0.4 is 10.3 Å². The average Bonchev–Trinajstić information content (AvgIpc) is 3.47. The van der Waals surface area contributed by atoms with Gasteiger partial charge in [-0.3, -0.25) is 14.2 Å². The smallest absolute Gasteiger partial charge is 0.255 e. The van der Waals surface area contributed by atoms with Crippen molar-refractivity contribution in [3.63, 3.8) is 0 Å². The summed E-state index contributed by atoms with van der Waals surface area (Å²) in [5, 5.41) is 8.41. The summed E-state index contributed by atoms with van der Waals surface area (Å²) in [6.45, 7) is 0.739. The first kappa shape index (κ1) is 22.9. The Labute approximate surface area is 199 Å². The maximum Gasteiger partial charge on any atom is 0.255 e. The third-order valence-electron chi connectivity index (χ3n) is 4.83. The zero-order valence-electron chi connectivity index (χ0n) is 17.8. The summed E-state index contributed by atoms with van der Waals surface area (Å²) in [7, 11) is 1.60. The van der Waals surface area contributed by atoms with Crippen molar-refractivity contribution >= 4 is 28.7 Å². The molecule has 0 aliphatic rings. The largest absolute Gasteiger partial charge is 0.489 e. The Morgan fingerprint density at radius 3 is 2.79 bits per heavy atom. The van der Waals surface area contributed by atoms with Gasteiger partial charge in [0.05, 0.1) is 33.4 Å². The highest BCUT2D eigenvalue weighted by molar-refractivity contribution is 7.18. The molecule has 0 aliphatic carbocycles. The van der Waals surface area contributed by atoms with Gasteiger partial charge < -0.3 is 9.47 Å². The topological polar surface area (TPSA) is 88.2 Å². The predicted molar refractivity (Wildman–Crippen MR) is 126 cm³/mol. The van der Waals surface area contributed by atoms with E-state index >= 15 is 0 Å². The van der Waals surface area contributed by atoms with E-state index in [9.17, 15) is 9.59 Å². The van der Waals surface area contributed by atoms with Crippen LogP contribution in [0.15, 0.2) is 65.7 Å². The number of thiophene rings is 1. The molecule has 1 aromatic carbocycles. The van der Waals surface area contributed by atoms with Crippen molar-refractivity contribution in [2.45, 2.75) is 12.8 Å². The van der Waals surface area contributed by atoms with Crippen molar-refractivity contribution in [1.29, 1.82) is 0 Å². The van der Waals surface area contributed by atoms with Gasteiger partial charge in [0.2, 0.25) is 0 Å². The summed E-state index contributed by atoms with van der Waals surface area (Å²) < 4.78 is 14.7. The number of methoxy groups -OCH3 is 1. The van der Waals surface area contributed by atoms with Crippen molar-refractivity contribution in [3.05, 3.63) is 86.2 Å². The minimum Gasteiger partial charge on any atom is -0.489 e. The van der Waals surface area contributed by atoms with Gasteiger partial charge in [0.1, 0.15) is 18.0 Å². The first-order valence-electron chi connectivity index (χ1n) is 10.2. The Balaban J connectivity index is 1.56. The number of ketones is 1. The summed E-state index contributed by atoms with van der Waals surface area (Å²) in [6.07, 6.45) is 4.22. The molecule has 3 aromatic heterocycles. The molecule has 0 atom stereocenters. The zero-order chi connectivity index (χ0) is 23.2. The van der Waals surface area contributed by atoms with Crippen LogP contribution in [0.2, 0.25) is 4.34 Å². The Morgan fingerprint density at radius 1 is 1.15 bits per heavy atom. The van der Waals surface area contributed by atoms with Gasteiger partial charge in [0, 0.05) is 38.3 Å². The Bertz CT molecular complexity index is 1310. The van der Waals surface area contributed by atoms with Gasteiger partial charge in [0.15, 0.2) is 5.78 Å². The minimum absolute atomic E-state index is 0.0164. The molecule has 0 bridgehead atoms. The molecule has 10 heteroatoms. The van der Waals surface area contributed by atoms with Gasteiger partial charge in [-0.1, -0.05) is 22.9 Å². The van der Waals surface area contributed by atoms with E-state index in [0.29, 0.717) is 58.1 Å². The van der Waals surface area contributed by atoms with Gasteiger partial charge in [-0.05, 0) is 30.3 Å². The number of nitrogens with zero attached hydrogens (tertiary/aromatic N) is 4. The number of carbonyl (C=O) groups is 1. The van der Waals surface area contributed by atoms with Gasteiger partial charge in [0.25, 0.3) is 5.56 Å². The highest BCUT2D eigenvalue weighted by atomic mass is 35.5. The summed E-state index contributed by atoms with van der Waals surface area (Å²) in [5.74, 6) is 0.545. The number of benzene rings is 1. The number of halogens is 1. The summed E-state index contributed by atoms with van der Waals surface area (Å²) in [6, 6.07) is 13.8. The molecule has 0 radical (unpaired) electrons. The molecule has 0 amide bonds. The lowest BCUT2D eigenvalue weighted by Crippen LogP contribution is -2.16. The molecule has 3 heterocycles. The molecule has 0 saturated carbocycles. The zero-order valence-corrected chi connectivity index (χ0v) is 19.4. The molecule has 170 valence electrons. The summed E-state index contributed by atoms with van der Waals surface area (Å²) >= 11 is 7.18. The molecule has 4 rings (SSSR count). The van der Waals surface area contributed by atoms with E-state index in [0.717, 1.165) is 0 Å². The number of Topliss-reactive ketones (excluding diaryl/α,β-unsaturated/α-hetero) is 1. The van der Waals surface area contributed by atoms with E-state index in [4.69, 9.17) is 21.1 Å². The van der Waals surface area contributed by atoms with Crippen LogP contribution in [0.1, 0.15) is 21.8 Å². The molecular weight excluding hydrogens is 464 g/mol. The van der Waals surface area contributed by atoms with Gasteiger partial charge in [-0.15, -0.1) is 16.4 Å². The van der Waals surface area contributed by atoms with Crippen LogP contribution in [0.25, 0.3) is 11.4 Å². The fourth-order valence-electron chi connectivity index (χ4n) is 3.19. The Kier molecular flexibility index (Phi) is 7.33. The number of hydrogen-bond donors (Lipinski definition) is 0. The van der Waals surface area contributed by atoms with Crippen LogP contribution in [-0.2, 0) is 11.2 Å². The molecule has 4 aromatic rings. The van der Waals surface area contributed by atoms with Gasteiger partial charge in [-0.2, -0.15) is 0 Å². The average molecular weight is 485 g/mol. The fraction of sp³-hybridized carbons (Fsp3) is 0.217. The van der Waals surface area contributed by atoms with Crippen molar-refractivity contribution in [3.8, 4) is 17.1 Å². The van der Waals surface area contributed by atoms with Crippen molar-refractivity contribution in [2.24, 2.45) is 0 Å². The van der Waals surface area contributed by atoms with E-state index in [1.54, 1.807) is 54.5 Å². The number of aryl methyl sites for hydroxylation is 1. The number of rotatable bonds is 10. The molecule has 0 N–H and O–H groups in total. The van der Waals surface area contributed by atoms with Crippen molar-refractivity contribution in [2.75, 3.05) is 20.3 Å². The first-order valence-corrected chi connectivity index (χ1v) is 11.4. The standard InChI is InChI=1S/C23H21ClN4O4S/c1-31-12-13-32-20-14-17(27-11-3-2-4-23(27)30)6-7-18(20)28-15-16(25-26-28)5-8-19(29)21-9-10-22(24)33-21/h2-4,6-7,9-11,14-15H,5,8,12-13H2,1H3. The molecule has 8 nitrogen and oxygen atoms in total. The van der Waals surface area contributed by atoms with E-state index in [-0.39, 0.29) is 11.3 Å².